The molecular formula is C21H29N5O6S. The first-order valence-corrected chi connectivity index (χ1v) is 12.2. The number of hydrogen-bond acceptors (Lipinski definition) is 8. The fourth-order valence-electron chi connectivity index (χ4n) is 3.60. The van der Waals surface area contributed by atoms with E-state index >= 15 is 0 Å². The van der Waals surface area contributed by atoms with Gasteiger partial charge in [0.05, 0.1) is 36.0 Å². The van der Waals surface area contributed by atoms with Gasteiger partial charge in [-0.15, -0.1) is 5.10 Å². The van der Waals surface area contributed by atoms with Crippen LogP contribution in [0.15, 0.2) is 27.9 Å². The van der Waals surface area contributed by atoms with Crippen molar-refractivity contribution >= 4 is 15.5 Å². The number of aliphatic hydroxyl groups is 2. The van der Waals surface area contributed by atoms with Crippen LogP contribution in [0.5, 0.6) is 5.75 Å². The number of nitrogens with zero attached hydrogens (tertiary/aromatic N) is 4. The molecule has 0 bridgehead atoms. The minimum atomic E-state index is -4.03. The monoisotopic (exact) mass is 479 g/mol. The van der Waals surface area contributed by atoms with Crippen LogP contribution in [0.2, 0.25) is 0 Å². The molecule has 0 radical (unpaired) electrons. The Morgan fingerprint density at radius 3 is 2.48 bits per heavy atom. The molecule has 0 unspecified atom stereocenters. The largest absolute Gasteiger partial charge is 0.493 e. The Morgan fingerprint density at radius 1 is 1.18 bits per heavy atom. The molecule has 0 saturated carbocycles. The summed E-state index contributed by atoms with van der Waals surface area (Å²) in [7, 11) is -4.03. The molecular weight excluding hydrogens is 450 g/mol. The van der Waals surface area contributed by atoms with Gasteiger partial charge < -0.3 is 19.9 Å². The molecule has 33 heavy (non-hydrogen) atoms. The van der Waals surface area contributed by atoms with Gasteiger partial charge in [-0.25, -0.2) is 17.9 Å². The van der Waals surface area contributed by atoms with Gasteiger partial charge in [-0.05, 0) is 38.5 Å². The zero-order chi connectivity index (χ0) is 24.2. The highest BCUT2D eigenvalue weighted by Crippen LogP contribution is 2.31. The Labute approximate surface area is 191 Å². The van der Waals surface area contributed by atoms with E-state index in [2.05, 4.69) is 15.1 Å². The van der Waals surface area contributed by atoms with Crippen molar-refractivity contribution in [2.45, 2.75) is 38.5 Å². The smallest absolute Gasteiger partial charge is 0.277 e. The summed E-state index contributed by atoms with van der Waals surface area (Å²) in [5, 5.41) is 23.1. The average Bonchev–Trinajstić information content (AvgIpc) is 3.10. The number of hydrogen-bond donors (Lipinski definition) is 3. The molecule has 0 aliphatic rings. The van der Waals surface area contributed by atoms with Crippen molar-refractivity contribution < 1.29 is 23.4 Å². The van der Waals surface area contributed by atoms with E-state index in [1.165, 1.54) is 22.7 Å². The molecule has 12 heteroatoms. The number of aryl methyl sites for hydroxylation is 2. The van der Waals surface area contributed by atoms with Gasteiger partial charge in [0.2, 0.25) is 10.0 Å². The Kier molecular flexibility index (Phi) is 7.84. The summed E-state index contributed by atoms with van der Waals surface area (Å²) in [6.07, 6.45) is 1.43. The molecule has 0 amide bonds. The van der Waals surface area contributed by atoms with Crippen LogP contribution in [0.25, 0.3) is 16.9 Å². The number of H-pyrrole nitrogens is 1. The maximum absolute atomic E-state index is 13.1. The maximum atomic E-state index is 13.1. The second-order valence-electron chi connectivity index (χ2n) is 7.37. The molecule has 0 aliphatic heterocycles. The minimum Gasteiger partial charge on any atom is -0.493 e. The second-order valence-corrected chi connectivity index (χ2v) is 9.31. The molecule has 3 aromatic rings. The van der Waals surface area contributed by atoms with Crippen LogP contribution in [-0.4, -0.2) is 75.4 Å². The standard InChI is InChI=1S/C21H29N5O6S/c1-4-6-18-22-14(3)19-21(29)23-20(24-26(18)19)16-13-15(7-8-17(16)32-5-2)33(30,31)25(9-11-27)10-12-28/h7-8,13,27-28H,4-6,9-12H2,1-3H3,(H,23,24,29). The summed E-state index contributed by atoms with van der Waals surface area (Å²) >= 11 is 0. The zero-order valence-electron chi connectivity index (χ0n) is 18.9. The van der Waals surface area contributed by atoms with Gasteiger partial charge in [0, 0.05) is 19.5 Å². The molecule has 0 fully saturated rings. The Morgan fingerprint density at radius 2 is 1.88 bits per heavy atom. The van der Waals surface area contributed by atoms with E-state index in [1.807, 2.05) is 6.92 Å². The van der Waals surface area contributed by atoms with Crippen LogP contribution in [-0.2, 0) is 16.4 Å². The molecule has 180 valence electrons. The van der Waals surface area contributed by atoms with E-state index in [1.54, 1.807) is 13.8 Å². The highest BCUT2D eigenvalue weighted by atomic mass is 32.2. The van der Waals surface area contributed by atoms with E-state index in [9.17, 15) is 23.4 Å². The second kappa shape index (κ2) is 10.4. The zero-order valence-corrected chi connectivity index (χ0v) is 19.7. The molecule has 0 aliphatic carbocycles. The van der Waals surface area contributed by atoms with E-state index in [-0.39, 0.29) is 23.8 Å². The van der Waals surface area contributed by atoms with Crippen molar-refractivity contribution in [1.29, 1.82) is 0 Å². The summed E-state index contributed by atoms with van der Waals surface area (Å²) in [5.74, 6) is 1.12. The fourth-order valence-corrected chi connectivity index (χ4v) is 5.05. The number of nitrogens with one attached hydrogen (secondary N) is 1. The number of aliphatic hydroxyl groups excluding tert-OH is 2. The molecule has 3 rings (SSSR count). The van der Waals surface area contributed by atoms with Gasteiger partial charge >= 0.3 is 0 Å². The topological polar surface area (TPSA) is 150 Å². The fraction of sp³-hybridized carbons (Fsp3) is 0.476. The average molecular weight is 480 g/mol. The first-order chi connectivity index (χ1) is 15.8. The van der Waals surface area contributed by atoms with Gasteiger partial charge in [0.1, 0.15) is 11.6 Å². The lowest BCUT2D eigenvalue weighted by Crippen LogP contribution is -2.35. The van der Waals surface area contributed by atoms with Gasteiger partial charge in [-0.1, -0.05) is 6.92 Å². The third-order valence-electron chi connectivity index (χ3n) is 5.06. The molecule has 0 spiro atoms. The van der Waals surface area contributed by atoms with Crippen LogP contribution in [0.1, 0.15) is 31.8 Å². The minimum absolute atomic E-state index is 0.0822. The van der Waals surface area contributed by atoms with Crippen molar-refractivity contribution in [2.75, 3.05) is 32.9 Å². The predicted molar refractivity (Wildman–Crippen MR) is 122 cm³/mol. The molecule has 2 aromatic heterocycles. The number of sulfonamides is 1. The molecule has 1 aromatic carbocycles. The number of rotatable bonds is 11. The van der Waals surface area contributed by atoms with Gasteiger partial charge in [0.25, 0.3) is 5.56 Å². The Hall–Kier alpha value is -2.80. The third kappa shape index (κ3) is 4.93. The lowest BCUT2D eigenvalue weighted by molar-refractivity contribution is 0.217. The number of aromatic amines is 1. The van der Waals surface area contributed by atoms with Crippen molar-refractivity contribution in [3.8, 4) is 17.1 Å². The summed E-state index contributed by atoms with van der Waals surface area (Å²) in [4.78, 5) is 20.0. The highest BCUT2D eigenvalue weighted by molar-refractivity contribution is 7.89. The Balaban J connectivity index is 2.22. The normalized spacial score (nSPS) is 12.1. The molecule has 0 saturated heterocycles. The quantitative estimate of drug-likeness (QED) is 0.364. The van der Waals surface area contributed by atoms with Crippen LogP contribution < -0.4 is 10.3 Å². The third-order valence-corrected chi connectivity index (χ3v) is 6.95. The predicted octanol–water partition coefficient (Wildman–Crippen LogP) is 0.720. The van der Waals surface area contributed by atoms with Crippen molar-refractivity contribution in [2.24, 2.45) is 0 Å². The Bertz CT molecular complexity index is 1280. The van der Waals surface area contributed by atoms with Gasteiger partial charge in [-0.3, -0.25) is 4.79 Å². The number of aromatic nitrogens is 4. The van der Waals surface area contributed by atoms with Crippen LogP contribution >= 0.6 is 0 Å². The molecule has 11 nitrogen and oxygen atoms in total. The van der Waals surface area contributed by atoms with Gasteiger partial charge in [-0.2, -0.15) is 4.31 Å². The summed E-state index contributed by atoms with van der Waals surface area (Å²) in [6, 6.07) is 4.25. The van der Waals surface area contributed by atoms with Crippen molar-refractivity contribution in [1.82, 2.24) is 23.9 Å². The number of benzene rings is 1. The molecule has 2 heterocycles. The van der Waals surface area contributed by atoms with Crippen LogP contribution in [0.4, 0.5) is 0 Å². The first-order valence-electron chi connectivity index (χ1n) is 10.8. The van der Waals surface area contributed by atoms with Crippen molar-refractivity contribution in [3.63, 3.8) is 0 Å². The maximum Gasteiger partial charge on any atom is 0.277 e. The van der Waals surface area contributed by atoms with Gasteiger partial charge in [0.15, 0.2) is 11.3 Å². The number of imidazole rings is 1. The van der Waals surface area contributed by atoms with E-state index in [4.69, 9.17) is 4.74 Å². The number of ether oxygens (including phenoxy) is 1. The molecule has 0 atom stereocenters. The lowest BCUT2D eigenvalue weighted by Gasteiger charge is -2.21. The summed E-state index contributed by atoms with van der Waals surface area (Å²) in [5.41, 5.74) is 0.786. The lowest BCUT2D eigenvalue weighted by atomic mass is 10.2. The molecule has 3 N–H and O–H groups in total. The van der Waals surface area contributed by atoms with Crippen molar-refractivity contribution in [3.05, 3.63) is 40.1 Å². The SMILES string of the molecule is CCCc1nc(C)c2c(=O)[nH]c(-c3cc(S(=O)(=O)N(CCO)CCO)ccc3OCC)nn12. The number of fused-ring (bicyclic) bond motifs is 1. The highest BCUT2D eigenvalue weighted by Gasteiger charge is 2.26. The van der Waals surface area contributed by atoms with E-state index in [0.717, 1.165) is 10.7 Å². The van der Waals surface area contributed by atoms with E-state index < -0.39 is 28.8 Å². The van der Waals surface area contributed by atoms with Crippen LogP contribution in [0.3, 0.4) is 0 Å². The summed E-state index contributed by atoms with van der Waals surface area (Å²) in [6.45, 7) is 4.72. The van der Waals surface area contributed by atoms with E-state index in [0.29, 0.717) is 41.4 Å². The van der Waals surface area contributed by atoms with Crippen LogP contribution in [0, 0.1) is 6.92 Å². The first kappa shape index (κ1) is 24.8. The summed E-state index contributed by atoms with van der Waals surface area (Å²) < 4.78 is 34.4.